The summed E-state index contributed by atoms with van der Waals surface area (Å²) >= 11 is 0. The molecule has 0 unspecified atom stereocenters. The predicted octanol–water partition coefficient (Wildman–Crippen LogP) is 5.13. The van der Waals surface area contributed by atoms with Crippen molar-refractivity contribution in [2.75, 3.05) is 6.54 Å². The standard InChI is InChI=1S/C19H14N4O/c20-10-5-11-21-23-17-14-8-3-1-6-12(14)16-13-7-2-4-9-15(13)19(24)22-18(16)17/h1-4,6-9,22,24H,5,11H2. The Labute approximate surface area is 138 Å². The Morgan fingerprint density at radius 3 is 2.29 bits per heavy atom. The topological polar surface area (TPSA) is 84.5 Å². The molecule has 0 fully saturated rings. The van der Waals surface area contributed by atoms with Crippen LogP contribution in [-0.4, -0.2) is 16.6 Å². The number of H-pyrrole nitrogens is 1. The number of nitrogens with zero attached hydrogens (tertiary/aromatic N) is 3. The largest absolute Gasteiger partial charge is 0.494 e. The third kappa shape index (κ3) is 2.09. The summed E-state index contributed by atoms with van der Waals surface area (Å²) in [6.07, 6.45) is 0.331. The fourth-order valence-electron chi connectivity index (χ4n) is 3.11. The Morgan fingerprint density at radius 1 is 0.958 bits per heavy atom. The molecule has 0 saturated heterocycles. The van der Waals surface area contributed by atoms with Crippen LogP contribution in [0.3, 0.4) is 0 Å². The fourth-order valence-corrected chi connectivity index (χ4v) is 3.11. The van der Waals surface area contributed by atoms with Crippen LogP contribution in [0, 0.1) is 11.3 Å². The van der Waals surface area contributed by atoms with E-state index in [9.17, 15) is 5.11 Å². The summed E-state index contributed by atoms with van der Waals surface area (Å²) in [4.78, 5) is 3.07. The molecule has 1 heterocycles. The van der Waals surface area contributed by atoms with Gasteiger partial charge in [0.1, 0.15) is 5.69 Å². The van der Waals surface area contributed by atoms with Gasteiger partial charge in [-0.25, -0.2) is 0 Å². The second-order valence-electron chi connectivity index (χ2n) is 5.54. The fraction of sp³-hybridized carbons (Fsp3) is 0.105. The zero-order valence-electron chi connectivity index (χ0n) is 12.8. The van der Waals surface area contributed by atoms with Crippen molar-refractivity contribution in [2.45, 2.75) is 6.42 Å². The maximum atomic E-state index is 10.4. The van der Waals surface area contributed by atoms with E-state index < -0.39 is 0 Å². The van der Waals surface area contributed by atoms with E-state index in [1.165, 1.54) is 0 Å². The Balaban J connectivity index is 2.07. The van der Waals surface area contributed by atoms with Crippen LogP contribution >= 0.6 is 0 Å². The molecule has 2 aromatic rings. The lowest BCUT2D eigenvalue weighted by Gasteiger charge is -2.09. The van der Waals surface area contributed by atoms with Crippen molar-refractivity contribution >= 4 is 27.2 Å². The minimum atomic E-state index is 0.113. The number of aromatic amines is 1. The number of hydrogen-bond donors (Lipinski definition) is 2. The summed E-state index contributed by atoms with van der Waals surface area (Å²) in [6.45, 7) is 0.358. The summed E-state index contributed by atoms with van der Waals surface area (Å²) in [7, 11) is 0. The van der Waals surface area contributed by atoms with Crippen LogP contribution in [0.5, 0.6) is 5.88 Å². The summed E-state index contributed by atoms with van der Waals surface area (Å²) in [5, 5.41) is 31.2. The van der Waals surface area contributed by atoms with Crippen LogP contribution in [0.15, 0.2) is 58.8 Å². The van der Waals surface area contributed by atoms with Gasteiger partial charge in [-0.3, -0.25) is 0 Å². The van der Waals surface area contributed by atoms with Crippen molar-refractivity contribution in [1.82, 2.24) is 4.98 Å². The minimum absolute atomic E-state index is 0.113. The van der Waals surface area contributed by atoms with E-state index in [0.717, 1.165) is 32.8 Å². The summed E-state index contributed by atoms with van der Waals surface area (Å²) in [6, 6.07) is 17.8. The molecule has 5 nitrogen and oxygen atoms in total. The van der Waals surface area contributed by atoms with E-state index in [2.05, 4.69) is 21.3 Å². The first-order valence-corrected chi connectivity index (χ1v) is 7.70. The lowest BCUT2D eigenvalue weighted by molar-refractivity contribution is 0.461. The van der Waals surface area contributed by atoms with Gasteiger partial charge in [0, 0.05) is 16.3 Å². The van der Waals surface area contributed by atoms with Crippen LogP contribution in [0.4, 0.5) is 5.69 Å². The molecule has 1 aliphatic carbocycles. The van der Waals surface area contributed by atoms with Crippen molar-refractivity contribution < 1.29 is 5.11 Å². The number of fused-ring (bicyclic) bond motifs is 5. The quantitative estimate of drug-likeness (QED) is 0.406. The monoisotopic (exact) mass is 314 g/mol. The molecule has 0 atom stereocenters. The number of aromatic nitrogens is 1. The molecule has 0 spiro atoms. The molecule has 0 aromatic heterocycles. The summed E-state index contributed by atoms with van der Waals surface area (Å²) < 4.78 is 0. The molecule has 0 radical (unpaired) electrons. The predicted molar refractivity (Wildman–Crippen MR) is 93.7 cm³/mol. The van der Waals surface area contributed by atoms with Crippen LogP contribution in [0.25, 0.3) is 32.8 Å². The Hall–Kier alpha value is -3.39. The number of rotatable bonds is 3. The second-order valence-corrected chi connectivity index (χ2v) is 5.54. The summed E-state index contributed by atoms with van der Waals surface area (Å²) in [5.74, 6) is 0.113. The SMILES string of the molecule is N#CCCN=Nc1c2[nH]c(O)c3ccccc3c-2c2ccccc12. The van der Waals surface area contributed by atoms with Crippen molar-refractivity contribution in [2.24, 2.45) is 10.2 Å². The highest BCUT2D eigenvalue weighted by Gasteiger charge is 2.22. The number of aromatic hydroxyl groups is 1. The third-order valence-corrected chi connectivity index (χ3v) is 4.13. The molecular formula is C19H14N4O. The highest BCUT2D eigenvalue weighted by atomic mass is 16.3. The van der Waals surface area contributed by atoms with Crippen molar-refractivity contribution in [3.8, 4) is 23.2 Å². The highest BCUT2D eigenvalue weighted by molar-refractivity contribution is 6.19. The van der Waals surface area contributed by atoms with Gasteiger partial charge >= 0.3 is 0 Å². The van der Waals surface area contributed by atoms with Crippen LogP contribution in [0.1, 0.15) is 6.42 Å². The molecule has 0 amide bonds. The molecule has 24 heavy (non-hydrogen) atoms. The van der Waals surface area contributed by atoms with E-state index in [1.807, 2.05) is 48.5 Å². The lowest BCUT2D eigenvalue weighted by Crippen LogP contribution is -1.86. The molecule has 5 heteroatoms. The van der Waals surface area contributed by atoms with E-state index in [-0.39, 0.29) is 5.88 Å². The molecule has 2 aliphatic rings. The van der Waals surface area contributed by atoms with E-state index >= 15 is 0 Å². The first-order chi connectivity index (χ1) is 11.8. The minimum Gasteiger partial charge on any atom is -0.494 e. The molecule has 1 aliphatic heterocycles. The van der Waals surface area contributed by atoms with Crippen LogP contribution in [-0.2, 0) is 0 Å². The molecule has 116 valence electrons. The Bertz CT molecular complexity index is 1090. The van der Waals surface area contributed by atoms with Gasteiger partial charge in [-0.05, 0) is 16.8 Å². The van der Waals surface area contributed by atoms with Gasteiger partial charge in [0.15, 0.2) is 5.88 Å². The van der Waals surface area contributed by atoms with Gasteiger partial charge < -0.3 is 10.1 Å². The van der Waals surface area contributed by atoms with Gasteiger partial charge in [0.2, 0.25) is 0 Å². The number of nitriles is 1. The van der Waals surface area contributed by atoms with E-state index in [4.69, 9.17) is 5.26 Å². The van der Waals surface area contributed by atoms with Crippen molar-refractivity contribution in [3.63, 3.8) is 0 Å². The lowest BCUT2D eigenvalue weighted by atomic mass is 10.0. The van der Waals surface area contributed by atoms with Crippen molar-refractivity contribution in [1.29, 1.82) is 5.26 Å². The zero-order chi connectivity index (χ0) is 16.5. The molecule has 4 rings (SSSR count). The molecule has 0 saturated carbocycles. The molecule has 0 bridgehead atoms. The van der Waals surface area contributed by atoms with E-state index in [1.54, 1.807) is 0 Å². The number of nitrogens with one attached hydrogen (secondary N) is 1. The van der Waals surface area contributed by atoms with Crippen molar-refractivity contribution in [3.05, 3.63) is 48.5 Å². The first kappa shape index (κ1) is 14.2. The third-order valence-electron chi connectivity index (χ3n) is 4.13. The van der Waals surface area contributed by atoms with Crippen LogP contribution < -0.4 is 0 Å². The maximum Gasteiger partial charge on any atom is 0.196 e. The highest BCUT2D eigenvalue weighted by Crippen LogP contribution is 2.48. The molecule has 2 aromatic carbocycles. The molecule has 2 N–H and O–H groups in total. The number of azo groups is 1. The van der Waals surface area contributed by atoms with Gasteiger partial charge in [0.05, 0.1) is 24.7 Å². The smallest absolute Gasteiger partial charge is 0.196 e. The Morgan fingerprint density at radius 2 is 1.58 bits per heavy atom. The molecular weight excluding hydrogens is 300 g/mol. The normalized spacial score (nSPS) is 11.6. The van der Waals surface area contributed by atoms with Gasteiger partial charge in [-0.2, -0.15) is 15.5 Å². The average Bonchev–Trinajstić information content (AvgIpc) is 2.93. The van der Waals surface area contributed by atoms with E-state index in [0.29, 0.717) is 18.7 Å². The summed E-state index contributed by atoms with van der Waals surface area (Å²) in [5.41, 5.74) is 2.47. The average molecular weight is 314 g/mol. The number of hydrogen-bond acceptors (Lipinski definition) is 4. The van der Waals surface area contributed by atoms with Gasteiger partial charge in [-0.15, -0.1) is 0 Å². The number of benzene rings is 2. The maximum absolute atomic E-state index is 10.4. The second kappa shape index (κ2) is 5.67. The number of pyridine rings is 1. The van der Waals surface area contributed by atoms with Gasteiger partial charge in [0.25, 0.3) is 0 Å². The zero-order valence-corrected chi connectivity index (χ0v) is 12.8. The van der Waals surface area contributed by atoms with Gasteiger partial charge in [-0.1, -0.05) is 42.5 Å². The first-order valence-electron chi connectivity index (χ1n) is 7.70. The van der Waals surface area contributed by atoms with Crippen LogP contribution in [0.2, 0.25) is 0 Å². The Kier molecular flexibility index (Phi) is 3.36.